The lowest BCUT2D eigenvalue weighted by Gasteiger charge is -2.23. The van der Waals surface area contributed by atoms with Gasteiger partial charge >= 0.3 is 0 Å². The highest BCUT2D eigenvalue weighted by atomic mass is 16.5. The van der Waals surface area contributed by atoms with Gasteiger partial charge in [-0.15, -0.1) is 0 Å². The van der Waals surface area contributed by atoms with Gasteiger partial charge in [0, 0.05) is 23.5 Å². The first-order valence-corrected chi connectivity index (χ1v) is 5.93. The van der Waals surface area contributed by atoms with Gasteiger partial charge in [0.25, 0.3) is 0 Å². The number of nitrogen functional groups attached to an aromatic ring is 1. The number of benzene rings is 1. The van der Waals surface area contributed by atoms with Gasteiger partial charge in [0.05, 0.1) is 11.6 Å². The van der Waals surface area contributed by atoms with E-state index in [2.05, 4.69) is 4.98 Å². The van der Waals surface area contributed by atoms with E-state index in [4.69, 9.17) is 10.5 Å². The van der Waals surface area contributed by atoms with E-state index < -0.39 is 0 Å². The summed E-state index contributed by atoms with van der Waals surface area (Å²) >= 11 is 0. The van der Waals surface area contributed by atoms with Gasteiger partial charge in [0.1, 0.15) is 12.0 Å². The summed E-state index contributed by atoms with van der Waals surface area (Å²) < 4.78 is 5.82. The standard InChI is InChI=1S/C15H12N2O2/c16-13-5-1-4-12-11(9-18)7-14(19-15(12)13)10-3-2-6-17-8-10/h1-9,11H,16H2. The largest absolute Gasteiger partial charge is 0.454 e. The van der Waals surface area contributed by atoms with Crippen LogP contribution in [0.4, 0.5) is 5.69 Å². The third-order valence-corrected chi connectivity index (χ3v) is 3.07. The number of allylic oxidation sites excluding steroid dienone is 1. The van der Waals surface area contributed by atoms with Crippen molar-refractivity contribution in [1.82, 2.24) is 4.98 Å². The molecule has 0 fully saturated rings. The Kier molecular flexibility index (Phi) is 2.76. The summed E-state index contributed by atoms with van der Waals surface area (Å²) in [6, 6.07) is 9.12. The molecule has 1 aromatic carbocycles. The lowest BCUT2D eigenvalue weighted by molar-refractivity contribution is -0.108. The van der Waals surface area contributed by atoms with Gasteiger partial charge in [-0.3, -0.25) is 4.98 Å². The van der Waals surface area contributed by atoms with Crippen molar-refractivity contribution in [1.29, 1.82) is 0 Å². The maximum absolute atomic E-state index is 11.3. The first kappa shape index (κ1) is 11.5. The van der Waals surface area contributed by atoms with E-state index in [9.17, 15) is 4.79 Å². The molecule has 1 aliphatic heterocycles. The maximum atomic E-state index is 11.3. The number of carbonyl (C=O) groups is 1. The van der Waals surface area contributed by atoms with Gasteiger partial charge in [-0.1, -0.05) is 12.1 Å². The van der Waals surface area contributed by atoms with Crippen LogP contribution in [-0.4, -0.2) is 11.3 Å². The molecule has 2 aromatic rings. The van der Waals surface area contributed by atoms with E-state index in [1.54, 1.807) is 24.5 Å². The number of rotatable bonds is 2. The van der Waals surface area contributed by atoms with Crippen molar-refractivity contribution in [3.05, 3.63) is 59.9 Å². The van der Waals surface area contributed by atoms with Crippen molar-refractivity contribution >= 4 is 17.7 Å². The number of nitrogens with two attached hydrogens (primary N) is 1. The minimum atomic E-state index is -0.345. The number of hydrogen-bond donors (Lipinski definition) is 1. The fourth-order valence-electron chi connectivity index (χ4n) is 2.13. The molecule has 4 nitrogen and oxygen atoms in total. The van der Waals surface area contributed by atoms with Gasteiger partial charge in [-0.25, -0.2) is 0 Å². The Morgan fingerprint density at radius 1 is 1.26 bits per heavy atom. The fourth-order valence-corrected chi connectivity index (χ4v) is 2.13. The zero-order chi connectivity index (χ0) is 13.2. The van der Waals surface area contributed by atoms with Gasteiger partial charge < -0.3 is 15.3 Å². The second-order valence-corrected chi connectivity index (χ2v) is 4.30. The Hall–Kier alpha value is -2.62. The number of fused-ring (bicyclic) bond motifs is 1. The van der Waals surface area contributed by atoms with E-state index in [0.29, 0.717) is 17.2 Å². The molecule has 0 bridgehead atoms. The minimum absolute atomic E-state index is 0.345. The summed E-state index contributed by atoms with van der Waals surface area (Å²) in [5.74, 6) is 0.819. The van der Waals surface area contributed by atoms with Gasteiger partial charge in [-0.05, 0) is 24.3 Å². The van der Waals surface area contributed by atoms with E-state index in [0.717, 1.165) is 17.4 Å². The quantitative estimate of drug-likeness (QED) is 0.658. The Bertz CT molecular complexity index is 650. The van der Waals surface area contributed by atoms with E-state index in [-0.39, 0.29) is 5.92 Å². The number of carbonyl (C=O) groups excluding carboxylic acids is 1. The monoisotopic (exact) mass is 252 g/mol. The van der Waals surface area contributed by atoms with Crippen LogP contribution >= 0.6 is 0 Å². The first-order valence-electron chi connectivity index (χ1n) is 5.93. The Morgan fingerprint density at radius 2 is 2.16 bits per heavy atom. The zero-order valence-corrected chi connectivity index (χ0v) is 10.1. The van der Waals surface area contributed by atoms with Crippen LogP contribution in [0.1, 0.15) is 17.0 Å². The number of nitrogens with zero attached hydrogens (tertiary/aromatic N) is 1. The second kappa shape index (κ2) is 4.57. The second-order valence-electron chi connectivity index (χ2n) is 4.30. The average molecular weight is 252 g/mol. The molecule has 1 aromatic heterocycles. The highest BCUT2D eigenvalue weighted by molar-refractivity contribution is 5.79. The van der Waals surface area contributed by atoms with E-state index in [1.165, 1.54) is 0 Å². The van der Waals surface area contributed by atoms with Crippen molar-refractivity contribution in [2.24, 2.45) is 0 Å². The Morgan fingerprint density at radius 3 is 2.89 bits per heavy atom. The van der Waals surface area contributed by atoms with E-state index >= 15 is 0 Å². The summed E-state index contributed by atoms with van der Waals surface area (Å²) in [4.78, 5) is 15.3. The fraction of sp³-hybridized carbons (Fsp3) is 0.0667. The molecule has 0 aliphatic carbocycles. The number of ether oxygens (including phenoxy) is 1. The highest BCUT2D eigenvalue weighted by Crippen LogP contribution is 2.39. The number of anilines is 1. The summed E-state index contributed by atoms with van der Waals surface area (Å²) in [7, 11) is 0. The maximum Gasteiger partial charge on any atom is 0.154 e. The van der Waals surface area contributed by atoms with Crippen LogP contribution in [-0.2, 0) is 4.79 Å². The number of aldehydes is 1. The van der Waals surface area contributed by atoms with Crippen LogP contribution in [0.25, 0.3) is 5.76 Å². The number of pyridine rings is 1. The van der Waals surface area contributed by atoms with Gasteiger partial charge in [0.2, 0.25) is 0 Å². The number of hydrogen-bond acceptors (Lipinski definition) is 4. The molecule has 4 heteroatoms. The summed E-state index contributed by atoms with van der Waals surface area (Å²) in [5, 5.41) is 0. The Balaban J connectivity index is 2.10. The highest BCUT2D eigenvalue weighted by Gasteiger charge is 2.23. The topological polar surface area (TPSA) is 65.2 Å². The molecule has 1 unspecified atom stereocenters. The van der Waals surface area contributed by atoms with Gasteiger partial charge in [0.15, 0.2) is 5.75 Å². The molecule has 3 rings (SSSR count). The molecule has 2 N–H and O–H groups in total. The van der Waals surface area contributed by atoms with Crippen molar-refractivity contribution in [3.8, 4) is 5.75 Å². The van der Waals surface area contributed by atoms with Crippen LogP contribution in [0.15, 0.2) is 48.8 Å². The smallest absolute Gasteiger partial charge is 0.154 e. The van der Waals surface area contributed by atoms with Crippen LogP contribution in [0.2, 0.25) is 0 Å². The van der Waals surface area contributed by atoms with Crippen molar-refractivity contribution < 1.29 is 9.53 Å². The molecule has 1 aliphatic rings. The SMILES string of the molecule is Nc1cccc2c1OC(c1cccnc1)=CC2C=O. The Labute approximate surface area is 110 Å². The molecule has 0 radical (unpaired) electrons. The van der Waals surface area contributed by atoms with Crippen LogP contribution < -0.4 is 10.5 Å². The molecule has 19 heavy (non-hydrogen) atoms. The predicted molar refractivity (Wildman–Crippen MR) is 72.5 cm³/mol. The number of para-hydroxylation sites is 1. The molecule has 0 saturated carbocycles. The van der Waals surface area contributed by atoms with Gasteiger partial charge in [-0.2, -0.15) is 0 Å². The lowest BCUT2D eigenvalue weighted by Crippen LogP contribution is -2.11. The minimum Gasteiger partial charge on any atom is -0.454 e. The van der Waals surface area contributed by atoms with E-state index in [1.807, 2.05) is 24.3 Å². The molecular weight excluding hydrogens is 240 g/mol. The summed E-state index contributed by atoms with van der Waals surface area (Å²) in [6.07, 6.45) is 6.05. The lowest BCUT2D eigenvalue weighted by atomic mass is 9.95. The summed E-state index contributed by atoms with van der Waals surface area (Å²) in [5.41, 5.74) is 8.06. The third-order valence-electron chi connectivity index (χ3n) is 3.07. The molecule has 0 amide bonds. The number of aromatic nitrogens is 1. The predicted octanol–water partition coefficient (Wildman–Crippen LogP) is 2.38. The average Bonchev–Trinajstić information content (AvgIpc) is 2.48. The molecule has 94 valence electrons. The first-order chi connectivity index (χ1) is 9.29. The van der Waals surface area contributed by atoms with Crippen molar-refractivity contribution in [2.45, 2.75) is 5.92 Å². The zero-order valence-electron chi connectivity index (χ0n) is 10.1. The van der Waals surface area contributed by atoms with Crippen molar-refractivity contribution in [2.75, 3.05) is 5.73 Å². The molecule has 0 spiro atoms. The summed E-state index contributed by atoms with van der Waals surface area (Å²) in [6.45, 7) is 0. The van der Waals surface area contributed by atoms with Crippen LogP contribution in [0.3, 0.4) is 0 Å². The third kappa shape index (κ3) is 1.97. The molecule has 0 saturated heterocycles. The molecule has 1 atom stereocenters. The molecule has 2 heterocycles. The normalized spacial score (nSPS) is 17.1. The van der Waals surface area contributed by atoms with Crippen LogP contribution in [0.5, 0.6) is 5.75 Å². The molecular formula is C15H12N2O2. The van der Waals surface area contributed by atoms with Crippen LogP contribution in [0, 0.1) is 0 Å². The van der Waals surface area contributed by atoms with Crippen molar-refractivity contribution in [3.63, 3.8) is 0 Å².